The van der Waals surface area contributed by atoms with E-state index < -0.39 is 29.9 Å². The smallest absolute Gasteiger partial charge is 0.367 e. The molecule has 0 radical (unpaired) electrons. The Balaban J connectivity index is 1.88. The first-order valence-electron chi connectivity index (χ1n) is 17.0. The average Bonchev–Trinajstić information content (AvgIpc) is 2.99. The van der Waals surface area contributed by atoms with Crippen molar-refractivity contribution in [2.75, 3.05) is 33.2 Å². The molecule has 1 heterocycles. The van der Waals surface area contributed by atoms with Crippen molar-refractivity contribution < 1.29 is 32.2 Å². The Bertz CT molecular complexity index is 1260. The van der Waals surface area contributed by atoms with Crippen molar-refractivity contribution in [1.82, 2.24) is 9.80 Å². The van der Waals surface area contributed by atoms with Crippen LogP contribution in [0.1, 0.15) is 107 Å². The van der Waals surface area contributed by atoms with Gasteiger partial charge in [0.1, 0.15) is 6.04 Å². The molecule has 3 atom stereocenters. The Labute approximate surface area is 281 Å². The lowest BCUT2D eigenvalue weighted by Gasteiger charge is -2.35. The van der Waals surface area contributed by atoms with Crippen LogP contribution in [0.15, 0.2) is 53.6 Å². The summed E-state index contributed by atoms with van der Waals surface area (Å²) in [7, 11) is 3.24. The summed E-state index contributed by atoms with van der Waals surface area (Å²) in [5.74, 6) is -7.33. The second-order valence-corrected chi connectivity index (χ2v) is 14.3. The van der Waals surface area contributed by atoms with E-state index >= 15 is 0 Å². The van der Waals surface area contributed by atoms with Crippen LogP contribution in [-0.4, -0.2) is 72.0 Å². The molecule has 1 saturated heterocycles. The van der Waals surface area contributed by atoms with Crippen LogP contribution in [0.2, 0.25) is 0 Å². The minimum atomic E-state index is -3.26. The van der Waals surface area contributed by atoms with Crippen molar-refractivity contribution in [3.63, 3.8) is 0 Å². The zero-order valence-corrected chi connectivity index (χ0v) is 30.0. The molecular formula is C37H55F4N2O3P. The van der Waals surface area contributed by atoms with Gasteiger partial charge in [-0.3, -0.25) is 9.69 Å². The van der Waals surface area contributed by atoms with E-state index in [1.165, 1.54) is 21.7 Å². The molecule has 264 valence electrons. The number of hydrogen-bond donors (Lipinski definition) is 1. The molecule has 1 unspecified atom stereocenters. The number of likely N-dealkylation sites (tertiary alicyclic amines) is 1. The van der Waals surface area contributed by atoms with Crippen LogP contribution < -0.4 is 0 Å². The van der Waals surface area contributed by atoms with Crippen molar-refractivity contribution >= 4 is 15.2 Å². The molecule has 3 rings (SSSR count). The molecule has 10 heteroatoms. The Morgan fingerprint density at radius 3 is 2.34 bits per heavy atom. The predicted octanol–water partition coefficient (Wildman–Crippen LogP) is 9.51. The molecule has 0 bridgehead atoms. The maximum Gasteiger partial charge on any atom is 0.367 e. The van der Waals surface area contributed by atoms with Gasteiger partial charge in [0, 0.05) is 12.5 Å². The number of nitrogens with zero attached hydrogens (tertiary/aromatic N) is 2. The van der Waals surface area contributed by atoms with Crippen LogP contribution in [0.5, 0.6) is 0 Å². The Kier molecular flexibility index (Phi) is 14.7. The lowest BCUT2D eigenvalue weighted by molar-refractivity contribution is -0.200. The van der Waals surface area contributed by atoms with Gasteiger partial charge in [0.15, 0.2) is 0 Å². The first-order chi connectivity index (χ1) is 22.0. The number of carboxylic acids is 1. The van der Waals surface area contributed by atoms with E-state index in [4.69, 9.17) is 4.74 Å². The van der Waals surface area contributed by atoms with E-state index in [2.05, 4.69) is 11.5 Å². The number of aliphatic carboxylic acids is 1. The maximum absolute atomic E-state index is 14.3. The number of benzene rings is 1. The minimum Gasteiger partial charge on any atom is -0.480 e. The highest BCUT2D eigenvalue weighted by atomic mass is 31.0. The highest BCUT2D eigenvalue weighted by molar-refractivity contribution is 7.17. The van der Waals surface area contributed by atoms with E-state index in [0.29, 0.717) is 44.2 Å². The Hall–Kier alpha value is -2.06. The molecule has 2 aliphatic rings. The highest BCUT2D eigenvalue weighted by Gasteiger charge is 2.35. The van der Waals surface area contributed by atoms with Crippen LogP contribution in [0, 0.1) is 12.8 Å². The van der Waals surface area contributed by atoms with Crippen LogP contribution in [0.3, 0.4) is 0 Å². The summed E-state index contributed by atoms with van der Waals surface area (Å²) in [5, 5.41) is 10.6. The van der Waals surface area contributed by atoms with Crippen LogP contribution in [0.25, 0.3) is 0 Å². The molecule has 1 aromatic carbocycles. The van der Waals surface area contributed by atoms with E-state index in [1.54, 1.807) is 0 Å². The molecule has 1 aromatic rings. The van der Waals surface area contributed by atoms with Gasteiger partial charge in [-0.05, 0) is 155 Å². The lowest BCUT2D eigenvalue weighted by Crippen LogP contribution is -2.35. The fourth-order valence-corrected chi connectivity index (χ4v) is 7.44. The number of ether oxygens (including phenoxy) is 1. The van der Waals surface area contributed by atoms with Crippen molar-refractivity contribution in [3.05, 3.63) is 70.3 Å². The number of piperidine rings is 1. The largest absolute Gasteiger partial charge is 0.480 e. The number of rotatable bonds is 16. The van der Waals surface area contributed by atoms with E-state index in [-0.39, 0.29) is 17.4 Å². The fourth-order valence-electron chi connectivity index (χ4n) is 7.25. The zero-order chi connectivity index (χ0) is 34.9. The summed E-state index contributed by atoms with van der Waals surface area (Å²) in [6.07, 6.45) is 10.00. The van der Waals surface area contributed by atoms with Gasteiger partial charge >= 0.3 is 11.8 Å². The van der Waals surface area contributed by atoms with Gasteiger partial charge in [-0.2, -0.15) is 8.78 Å². The summed E-state index contributed by atoms with van der Waals surface area (Å²) < 4.78 is 60.5. The zero-order valence-electron chi connectivity index (χ0n) is 28.8. The van der Waals surface area contributed by atoms with Gasteiger partial charge in [0.2, 0.25) is 0 Å². The Morgan fingerprint density at radius 1 is 1.15 bits per heavy atom. The fraction of sp³-hybridized carbons (Fsp3) is 0.649. The minimum absolute atomic E-state index is 0.0327. The quantitative estimate of drug-likeness (QED) is 0.107. The molecule has 1 N–H and O–H groups in total. The third-order valence-corrected chi connectivity index (χ3v) is 10.2. The van der Waals surface area contributed by atoms with Crippen LogP contribution in [-0.2, 0) is 9.53 Å². The van der Waals surface area contributed by atoms with Gasteiger partial charge < -0.3 is 14.7 Å². The topological polar surface area (TPSA) is 53.0 Å². The molecule has 0 spiro atoms. The van der Waals surface area contributed by atoms with E-state index in [9.17, 15) is 27.5 Å². The van der Waals surface area contributed by atoms with Gasteiger partial charge in [0.25, 0.3) is 5.92 Å². The van der Waals surface area contributed by atoms with Crippen molar-refractivity contribution in [2.45, 2.75) is 115 Å². The summed E-state index contributed by atoms with van der Waals surface area (Å²) in [6.45, 7) is 13.7. The molecule has 0 amide bonds. The number of aryl methyl sites for hydroxylation is 1. The summed E-state index contributed by atoms with van der Waals surface area (Å²) in [6, 6.07) is 4.79. The van der Waals surface area contributed by atoms with Crippen LogP contribution >= 0.6 is 9.24 Å². The van der Waals surface area contributed by atoms with Crippen molar-refractivity contribution in [1.29, 1.82) is 0 Å². The number of carboxylic acid groups (broad SMARTS) is 1. The van der Waals surface area contributed by atoms with E-state index in [0.717, 1.165) is 68.1 Å². The lowest BCUT2D eigenvalue weighted by atomic mass is 9.77. The number of likely N-dealkylation sites (N-methyl/N-ethyl adjacent to an activating group) is 1. The number of allylic oxidation sites excluding steroid dienone is 5. The van der Waals surface area contributed by atoms with E-state index in [1.807, 2.05) is 57.0 Å². The highest BCUT2D eigenvalue weighted by Crippen LogP contribution is 2.42. The monoisotopic (exact) mass is 682 g/mol. The number of carbonyl (C=O) groups is 1. The summed E-state index contributed by atoms with van der Waals surface area (Å²) in [4.78, 5) is 17.2. The molecule has 1 aliphatic carbocycles. The third-order valence-electron chi connectivity index (χ3n) is 10.0. The van der Waals surface area contributed by atoms with Crippen molar-refractivity contribution in [2.24, 2.45) is 5.92 Å². The van der Waals surface area contributed by atoms with Gasteiger partial charge in [-0.15, -0.1) is 0 Å². The number of halogens is 4. The Morgan fingerprint density at radius 2 is 1.79 bits per heavy atom. The van der Waals surface area contributed by atoms with Crippen LogP contribution in [0.4, 0.5) is 17.6 Å². The van der Waals surface area contributed by atoms with Crippen molar-refractivity contribution in [3.8, 4) is 0 Å². The standard InChI is InChI=1S/C37H55F4N2O3P/c1-7-25(2)32(24-27(4)36(5,38)39)28(19-23-43-20-9-8-10-21-43)18-22-42(6)34(35(44)45)31-13-11-12-26(3)33(31)29-14-16-30(17-15-29)46-37(40,41)47/h7,11-13,24,28-30,34H,4,8-10,14-23,47H2,1-3,5-6H3,(H,44,45)/b25-7-,32-24+/t28-,29?,30?,34-/m0/s1. The van der Waals surface area contributed by atoms with Gasteiger partial charge in [-0.25, -0.2) is 8.78 Å². The summed E-state index contributed by atoms with van der Waals surface area (Å²) >= 11 is 0. The maximum atomic E-state index is 14.3. The SMILES string of the molecule is C=C(/C=C(\C(C)=C/C)[C@H](CCN1CCCCC1)CCN(C)[C@H](C(=O)O)c1cccc(C)c1C1CCC(OC(F)(F)P)CC1)C(C)(F)F. The molecule has 47 heavy (non-hydrogen) atoms. The second-order valence-electron chi connectivity index (χ2n) is 13.6. The number of hydrogen-bond acceptors (Lipinski definition) is 4. The predicted molar refractivity (Wildman–Crippen MR) is 185 cm³/mol. The van der Waals surface area contributed by atoms with Gasteiger partial charge in [0.05, 0.1) is 6.10 Å². The number of alkyl halides is 4. The van der Waals surface area contributed by atoms with Gasteiger partial charge in [-0.1, -0.05) is 42.8 Å². The molecule has 1 saturated carbocycles. The molecule has 0 aromatic heterocycles. The summed E-state index contributed by atoms with van der Waals surface area (Å²) in [5.41, 5.74) is 4.16. The molecule has 5 nitrogen and oxygen atoms in total. The average molecular weight is 683 g/mol. The molecular weight excluding hydrogens is 627 g/mol. The molecule has 1 aliphatic heterocycles. The first kappa shape index (κ1) is 39.4. The molecule has 2 fully saturated rings. The first-order valence-corrected chi connectivity index (χ1v) is 17.6. The third kappa shape index (κ3) is 11.8. The normalized spacial score (nSPS) is 21.9. The second kappa shape index (κ2) is 17.6.